The van der Waals surface area contributed by atoms with Crippen molar-refractivity contribution >= 4 is 32.9 Å². The summed E-state index contributed by atoms with van der Waals surface area (Å²) in [5, 5.41) is 29.9. The van der Waals surface area contributed by atoms with Crippen LogP contribution >= 0.6 is 0 Å². The third kappa shape index (κ3) is 1.38. The molecule has 0 unspecified atom stereocenters. The molecule has 0 spiro atoms. The quantitative estimate of drug-likeness (QED) is 0.339. The third-order valence-electron chi connectivity index (χ3n) is 3.46. The summed E-state index contributed by atoms with van der Waals surface area (Å²) in [6.07, 6.45) is 1.40. The summed E-state index contributed by atoms with van der Waals surface area (Å²) in [6, 6.07) is 5.31. The van der Waals surface area contributed by atoms with Crippen molar-refractivity contribution in [2.75, 3.05) is 0 Å². The second-order valence-electron chi connectivity index (χ2n) is 4.67. The number of hydrogen-bond acceptors (Lipinski definition) is 6. The summed E-state index contributed by atoms with van der Waals surface area (Å²) in [6.45, 7) is 0. The summed E-state index contributed by atoms with van der Waals surface area (Å²) in [5.74, 6) is -0.919. The number of hydrogen-bond donors (Lipinski definition) is 3. The van der Waals surface area contributed by atoms with Crippen molar-refractivity contribution in [3.63, 3.8) is 0 Å². The normalized spacial score (nSPS) is 11.6. The van der Waals surface area contributed by atoms with Crippen molar-refractivity contribution in [1.29, 1.82) is 0 Å². The molecule has 2 heterocycles. The molecule has 0 atom stereocenters. The van der Waals surface area contributed by atoms with Crippen molar-refractivity contribution in [3.05, 3.63) is 40.8 Å². The second-order valence-corrected chi connectivity index (χ2v) is 4.67. The fraction of sp³-hybridized carbons (Fsp3) is 0. The van der Waals surface area contributed by atoms with Gasteiger partial charge in [0.1, 0.15) is 27.9 Å². The number of phenolic OH excluding ortho intramolecular Hbond substituents is 3. The van der Waals surface area contributed by atoms with E-state index >= 15 is 0 Å². The standard InChI is InChI=1S/C15H8O6/c16-7-1-2-8(17)15-11(7)13(19)12-9(18)5-10-6(3-4-20-10)14(12)21-15/h1-5,16-18H. The molecule has 0 amide bonds. The van der Waals surface area contributed by atoms with Gasteiger partial charge in [0.05, 0.1) is 11.6 Å². The molecule has 0 aliphatic rings. The Hall–Kier alpha value is -3.15. The van der Waals surface area contributed by atoms with Crippen LogP contribution in [0.15, 0.2) is 44.2 Å². The zero-order chi connectivity index (χ0) is 14.7. The molecule has 4 rings (SSSR count). The molecule has 0 bridgehead atoms. The van der Waals surface area contributed by atoms with E-state index in [-0.39, 0.29) is 39.2 Å². The first-order valence-corrected chi connectivity index (χ1v) is 6.08. The van der Waals surface area contributed by atoms with E-state index in [1.807, 2.05) is 0 Å². The van der Waals surface area contributed by atoms with Gasteiger partial charge in [-0.15, -0.1) is 0 Å². The highest BCUT2D eigenvalue weighted by Crippen LogP contribution is 2.37. The van der Waals surface area contributed by atoms with E-state index in [9.17, 15) is 20.1 Å². The van der Waals surface area contributed by atoms with Gasteiger partial charge >= 0.3 is 0 Å². The number of rotatable bonds is 0. The predicted molar refractivity (Wildman–Crippen MR) is 74.8 cm³/mol. The fourth-order valence-corrected chi connectivity index (χ4v) is 2.50. The van der Waals surface area contributed by atoms with Gasteiger partial charge in [0.2, 0.25) is 5.43 Å². The Morgan fingerprint density at radius 2 is 1.57 bits per heavy atom. The molecule has 0 aliphatic carbocycles. The summed E-state index contributed by atoms with van der Waals surface area (Å²) in [4.78, 5) is 12.5. The maximum Gasteiger partial charge on any atom is 0.208 e. The van der Waals surface area contributed by atoms with Crippen LogP contribution in [0.2, 0.25) is 0 Å². The molecule has 2 aromatic carbocycles. The molecule has 2 aromatic heterocycles. The van der Waals surface area contributed by atoms with E-state index < -0.39 is 5.43 Å². The van der Waals surface area contributed by atoms with Gasteiger partial charge in [0.25, 0.3) is 0 Å². The molecule has 0 aliphatic heterocycles. The van der Waals surface area contributed by atoms with E-state index in [2.05, 4.69) is 0 Å². The van der Waals surface area contributed by atoms with E-state index in [4.69, 9.17) is 8.83 Å². The molecule has 4 aromatic rings. The van der Waals surface area contributed by atoms with Crippen LogP contribution in [-0.4, -0.2) is 15.3 Å². The Labute approximate surface area is 116 Å². The number of furan rings is 1. The molecular weight excluding hydrogens is 276 g/mol. The van der Waals surface area contributed by atoms with E-state index in [1.54, 1.807) is 6.07 Å². The van der Waals surface area contributed by atoms with Gasteiger partial charge < -0.3 is 24.2 Å². The first-order valence-electron chi connectivity index (χ1n) is 6.08. The van der Waals surface area contributed by atoms with Gasteiger partial charge in [-0.3, -0.25) is 4.79 Å². The molecule has 21 heavy (non-hydrogen) atoms. The van der Waals surface area contributed by atoms with Crippen molar-refractivity contribution in [1.82, 2.24) is 0 Å². The Bertz CT molecular complexity index is 1090. The van der Waals surface area contributed by atoms with Crippen molar-refractivity contribution in [3.8, 4) is 17.2 Å². The van der Waals surface area contributed by atoms with Crippen LogP contribution in [0.3, 0.4) is 0 Å². The van der Waals surface area contributed by atoms with Gasteiger partial charge in [-0.1, -0.05) is 0 Å². The fourth-order valence-electron chi connectivity index (χ4n) is 2.50. The van der Waals surface area contributed by atoms with Crippen LogP contribution in [0.25, 0.3) is 32.9 Å². The van der Waals surface area contributed by atoms with Crippen molar-refractivity contribution in [2.24, 2.45) is 0 Å². The minimum Gasteiger partial charge on any atom is -0.507 e. The summed E-state index contributed by atoms with van der Waals surface area (Å²) < 4.78 is 10.7. The molecule has 0 saturated heterocycles. The number of phenols is 3. The molecular formula is C15H8O6. The highest BCUT2D eigenvalue weighted by Gasteiger charge is 2.19. The minimum absolute atomic E-state index is 0.0719. The Morgan fingerprint density at radius 1 is 0.857 bits per heavy atom. The van der Waals surface area contributed by atoms with Gasteiger partial charge in [-0.05, 0) is 18.2 Å². The van der Waals surface area contributed by atoms with Gasteiger partial charge in [-0.2, -0.15) is 0 Å². The van der Waals surface area contributed by atoms with Crippen molar-refractivity contribution in [2.45, 2.75) is 0 Å². The van der Waals surface area contributed by atoms with Gasteiger partial charge in [0.15, 0.2) is 16.9 Å². The maximum atomic E-state index is 12.5. The summed E-state index contributed by atoms with van der Waals surface area (Å²) in [7, 11) is 0. The molecule has 0 radical (unpaired) electrons. The minimum atomic E-state index is -0.625. The maximum absolute atomic E-state index is 12.5. The molecule has 3 N–H and O–H groups in total. The van der Waals surface area contributed by atoms with Crippen LogP contribution in [-0.2, 0) is 0 Å². The van der Waals surface area contributed by atoms with Gasteiger partial charge in [-0.25, -0.2) is 0 Å². The van der Waals surface area contributed by atoms with Crippen LogP contribution in [0.1, 0.15) is 0 Å². The molecule has 6 heteroatoms. The molecule has 6 nitrogen and oxygen atoms in total. The smallest absolute Gasteiger partial charge is 0.208 e. The van der Waals surface area contributed by atoms with E-state index in [0.717, 1.165) is 0 Å². The lowest BCUT2D eigenvalue weighted by molar-refractivity contribution is 0.457. The Balaban J connectivity index is 2.42. The topological polar surface area (TPSA) is 104 Å². The average Bonchev–Trinajstić information content (AvgIpc) is 2.91. The molecule has 104 valence electrons. The first kappa shape index (κ1) is 11.7. The third-order valence-corrected chi connectivity index (χ3v) is 3.46. The number of fused-ring (bicyclic) bond motifs is 4. The van der Waals surface area contributed by atoms with Crippen LogP contribution in [0, 0.1) is 0 Å². The zero-order valence-corrected chi connectivity index (χ0v) is 10.5. The summed E-state index contributed by atoms with van der Waals surface area (Å²) >= 11 is 0. The second kappa shape index (κ2) is 3.69. The lowest BCUT2D eigenvalue weighted by atomic mass is 10.1. The molecule has 0 saturated carbocycles. The zero-order valence-electron chi connectivity index (χ0n) is 10.5. The highest BCUT2D eigenvalue weighted by atomic mass is 16.4. The van der Waals surface area contributed by atoms with Crippen molar-refractivity contribution < 1.29 is 24.2 Å². The largest absolute Gasteiger partial charge is 0.507 e. The Morgan fingerprint density at radius 3 is 2.38 bits per heavy atom. The summed E-state index contributed by atoms with van der Waals surface area (Å²) in [5.41, 5.74) is -0.319. The average molecular weight is 284 g/mol. The van der Waals surface area contributed by atoms with E-state index in [1.165, 1.54) is 24.5 Å². The number of aromatic hydroxyl groups is 3. The SMILES string of the molecule is O=c1c2c(O)ccc(O)c2oc2c1c(O)cc1occc12. The van der Waals surface area contributed by atoms with E-state index in [0.29, 0.717) is 11.0 Å². The lowest BCUT2D eigenvalue weighted by Crippen LogP contribution is -2.03. The molecule has 0 fully saturated rings. The first-order chi connectivity index (χ1) is 10.1. The monoisotopic (exact) mass is 284 g/mol. The highest BCUT2D eigenvalue weighted by molar-refractivity contribution is 6.08. The van der Waals surface area contributed by atoms with Crippen LogP contribution < -0.4 is 5.43 Å². The van der Waals surface area contributed by atoms with Gasteiger partial charge in [0, 0.05) is 6.07 Å². The lowest BCUT2D eigenvalue weighted by Gasteiger charge is -2.06. The number of benzene rings is 2. The van der Waals surface area contributed by atoms with Crippen LogP contribution in [0.4, 0.5) is 0 Å². The van der Waals surface area contributed by atoms with Crippen LogP contribution in [0.5, 0.6) is 17.2 Å². The Kier molecular flexibility index (Phi) is 2.05. The predicted octanol–water partition coefficient (Wildman–Crippen LogP) is 2.81.